The van der Waals surface area contributed by atoms with Crippen molar-refractivity contribution in [3.05, 3.63) is 52.0 Å². The molecule has 0 fully saturated rings. The number of ether oxygens (including phenoxy) is 1. The van der Waals surface area contributed by atoms with Crippen molar-refractivity contribution in [1.82, 2.24) is 4.31 Å². The molecule has 0 aromatic heterocycles. The molecule has 1 N–H and O–H groups in total. The number of benzene rings is 2. The normalized spacial score (nSPS) is 11.4. The van der Waals surface area contributed by atoms with Gasteiger partial charge < -0.3 is 10.1 Å². The molecule has 0 atom stereocenters. The van der Waals surface area contributed by atoms with E-state index in [0.717, 1.165) is 14.3 Å². The van der Waals surface area contributed by atoms with Gasteiger partial charge in [0, 0.05) is 29.8 Å². The van der Waals surface area contributed by atoms with Crippen LogP contribution in [0.25, 0.3) is 0 Å². The lowest BCUT2D eigenvalue weighted by Gasteiger charge is -2.15. The van der Waals surface area contributed by atoms with E-state index in [1.807, 2.05) is 19.1 Å². The first-order valence-electron chi connectivity index (χ1n) is 7.35. The zero-order valence-electron chi connectivity index (χ0n) is 14.3. The largest absolute Gasteiger partial charge is 0.495 e. The van der Waals surface area contributed by atoms with E-state index in [1.54, 1.807) is 6.07 Å². The molecule has 0 heterocycles. The molecule has 25 heavy (non-hydrogen) atoms. The number of nitrogens with zero attached hydrogens (tertiary/aromatic N) is 1. The van der Waals surface area contributed by atoms with Crippen LogP contribution in [0.1, 0.15) is 15.9 Å². The lowest BCUT2D eigenvalue weighted by molar-refractivity contribution is 0.102. The molecule has 0 aliphatic heterocycles. The van der Waals surface area contributed by atoms with Gasteiger partial charge in [0.25, 0.3) is 5.91 Å². The van der Waals surface area contributed by atoms with E-state index in [0.29, 0.717) is 5.69 Å². The van der Waals surface area contributed by atoms with Gasteiger partial charge >= 0.3 is 0 Å². The summed E-state index contributed by atoms with van der Waals surface area (Å²) in [5.41, 5.74) is 1.82. The Balaban J connectivity index is 2.39. The first kappa shape index (κ1) is 19.4. The lowest BCUT2D eigenvalue weighted by atomic mass is 10.2. The Labute approximate surface area is 156 Å². The van der Waals surface area contributed by atoms with E-state index >= 15 is 0 Å². The molecule has 0 aliphatic rings. The van der Waals surface area contributed by atoms with Crippen molar-refractivity contribution in [2.24, 2.45) is 0 Å². The standard InChI is InChI=1S/C17H19BrN2O4S/c1-11-9-13(6-7-14(11)18)19-17(21)12-5-8-15(24-4)16(10-12)25(22,23)20(2)3/h5-10H,1-4H3,(H,19,21). The molecule has 6 nitrogen and oxygen atoms in total. The number of amides is 1. The van der Waals surface area contributed by atoms with Gasteiger partial charge in [-0.15, -0.1) is 0 Å². The molecule has 1 amide bonds. The van der Waals surface area contributed by atoms with Crippen molar-refractivity contribution in [3.63, 3.8) is 0 Å². The summed E-state index contributed by atoms with van der Waals surface area (Å²) in [7, 11) is 0.490. The first-order valence-corrected chi connectivity index (χ1v) is 9.58. The minimum absolute atomic E-state index is 0.0559. The van der Waals surface area contributed by atoms with Crippen LogP contribution < -0.4 is 10.1 Å². The Kier molecular flexibility index (Phi) is 5.87. The van der Waals surface area contributed by atoms with Crippen LogP contribution >= 0.6 is 15.9 Å². The maximum Gasteiger partial charge on any atom is 0.255 e. The number of halogens is 1. The van der Waals surface area contributed by atoms with E-state index in [9.17, 15) is 13.2 Å². The van der Waals surface area contributed by atoms with Crippen LogP contribution in [0.15, 0.2) is 45.8 Å². The van der Waals surface area contributed by atoms with Crippen molar-refractivity contribution >= 4 is 37.5 Å². The molecular weight excluding hydrogens is 408 g/mol. The second-order valence-corrected chi connectivity index (χ2v) is 8.55. The molecule has 2 rings (SSSR count). The summed E-state index contributed by atoms with van der Waals surface area (Å²) in [5, 5.41) is 2.76. The number of hydrogen-bond acceptors (Lipinski definition) is 4. The third kappa shape index (κ3) is 4.20. The average Bonchev–Trinajstić information content (AvgIpc) is 2.57. The quantitative estimate of drug-likeness (QED) is 0.795. The minimum atomic E-state index is -3.74. The maximum atomic E-state index is 12.5. The van der Waals surface area contributed by atoms with Crippen LogP contribution in [0.2, 0.25) is 0 Å². The van der Waals surface area contributed by atoms with Gasteiger partial charge in [-0.05, 0) is 48.9 Å². The number of nitrogens with one attached hydrogen (secondary N) is 1. The van der Waals surface area contributed by atoms with Crippen LogP contribution in [-0.4, -0.2) is 39.8 Å². The number of carbonyl (C=O) groups excluding carboxylic acids is 1. The van der Waals surface area contributed by atoms with E-state index in [-0.39, 0.29) is 16.2 Å². The number of aryl methyl sites for hydroxylation is 1. The monoisotopic (exact) mass is 426 g/mol. The smallest absolute Gasteiger partial charge is 0.255 e. The Morgan fingerprint density at radius 2 is 1.84 bits per heavy atom. The predicted molar refractivity (Wildman–Crippen MR) is 101 cm³/mol. The molecule has 134 valence electrons. The second-order valence-electron chi connectivity index (χ2n) is 5.57. The summed E-state index contributed by atoms with van der Waals surface area (Å²) in [6.45, 7) is 1.91. The van der Waals surface area contributed by atoms with Gasteiger partial charge in [0.05, 0.1) is 7.11 Å². The molecule has 0 saturated carbocycles. The highest BCUT2D eigenvalue weighted by Crippen LogP contribution is 2.27. The Bertz CT molecular complexity index is 911. The van der Waals surface area contributed by atoms with Crippen LogP contribution in [0.3, 0.4) is 0 Å². The fourth-order valence-corrected chi connectivity index (χ4v) is 3.46. The van der Waals surface area contributed by atoms with Crippen molar-refractivity contribution in [2.75, 3.05) is 26.5 Å². The first-order chi connectivity index (χ1) is 11.7. The van der Waals surface area contributed by atoms with Crippen LogP contribution in [-0.2, 0) is 10.0 Å². The van der Waals surface area contributed by atoms with E-state index in [4.69, 9.17) is 4.74 Å². The number of methoxy groups -OCH3 is 1. The Morgan fingerprint density at radius 1 is 1.16 bits per heavy atom. The summed E-state index contributed by atoms with van der Waals surface area (Å²) in [5.74, 6) is -0.218. The highest BCUT2D eigenvalue weighted by Gasteiger charge is 2.24. The SMILES string of the molecule is COc1ccc(C(=O)Nc2ccc(Br)c(C)c2)cc1S(=O)(=O)N(C)C. The van der Waals surface area contributed by atoms with Crippen molar-refractivity contribution in [3.8, 4) is 5.75 Å². The van der Waals surface area contributed by atoms with Gasteiger partial charge in [-0.1, -0.05) is 15.9 Å². The van der Waals surface area contributed by atoms with Crippen molar-refractivity contribution < 1.29 is 17.9 Å². The summed E-state index contributed by atoms with van der Waals surface area (Å²) in [6, 6.07) is 9.72. The van der Waals surface area contributed by atoms with E-state index in [1.165, 1.54) is 39.4 Å². The number of carbonyl (C=O) groups is 1. The van der Waals surface area contributed by atoms with Crippen molar-refractivity contribution in [1.29, 1.82) is 0 Å². The molecule has 0 saturated heterocycles. The van der Waals surface area contributed by atoms with E-state index < -0.39 is 15.9 Å². The Morgan fingerprint density at radius 3 is 2.40 bits per heavy atom. The molecule has 0 bridgehead atoms. The zero-order valence-corrected chi connectivity index (χ0v) is 16.7. The average molecular weight is 427 g/mol. The van der Waals surface area contributed by atoms with Crippen LogP contribution in [0, 0.1) is 6.92 Å². The molecule has 2 aromatic rings. The summed E-state index contributed by atoms with van der Waals surface area (Å²) < 4.78 is 32.0. The Hall–Kier alpha value is -1.90. The molecule has 0 radical (unpaired) electrons. The fourth-order valence-electron chi connectivity index (χ4n) is 2.14. The van der Waals surface area contributed by atoms with Gasteiger partial charge in [-0.2, -0.15) is 0 Å². The molecule has 0 unspecified atom stereocenters. The lowest BCUT2D eigenvalue weighted by Crippen LogP contribution is -2.23. The topological polar surface area (TPSA) is 75.7 Å². The number of rotatable bonds is 5. The van der Waals surface area contributed by atoms with Gasteiger partial charge in [0.2, 0.25) is 10.0 Å². The maximum absolute atomic E-state index is 12.5. The minimum Gasteiger partial charge on any atom is -0.495 e. The predicted octanol–water partition coefficient (Wildman–Crippen LogP) is 3.27. The van der Waals surface area contributed by atoms with Gasteiger partial charge in [0.15, 0.2) is 0 Å². The molecule has 2 aromatic carbocycles. The summed E-state index contributed by atoms with van der Waals surface area (Å²) >= 11 is 3.40. The highest BCUT2D eigenvalue weighted by atomic mass is 79.9. The number of anilines is 1. The molecule has 0 spiro atoms. The second kappa shape index (κ2) is 7.55. The number of hydrogen-bond donors (Lipinski definition) is 1. The summed E-state index contributed by atoms with van der Waals surface area (Å²) in [4.78, 5) is 12.4. The third-order valence-corrected chi connectivity index (χ3v) is 6.33. The highest BCUT2D eigenvalue weighted by molar-refractivity contribution is 9.10. The van der Waals surface area contributed by atoms with E-state index in [2.05, 4.69) is 21.2 Å². The summed E-state index contributed by atoms with van der Waals surface area (Å²) in [6.07, 6.45) is 0. The third-order valence-electron chi connectivity index (χ3n) is 3.60. The molecular formula is C17H19BrN2O4S. The van der Waals surface area contributed by atoms with Gasteiger partial charge in [0.1, 0.15) is 10.6 Å². The van der Waals surface area contributed by atoms with Crippen LogP contribution in [0.4, 0.5) is 5.69 Å². The van der Waals surface area contributed by atoms with Crippen LogP contribution in [0.5, 0.6) is 5.75 Å². The zero-order chi connectivity index (χ0) is 18.8. The van der Waals surface area contributed by atoms with Gasteiger partial charge in [-0.3, -0.25) is 4.79 Å². The van der Waals surface area contributed by atoms with Crippen molar-refractivity contribution in [2.45, 2.75) is 11.8 Å². The molecule has 0 aliphatic carbocycles. The fraction of sp³-hybridized carbons (Fsp3) is 0.235. The molecule has 8 heteroatoms. The number of sulfonamides is 1. The van der Waals surface area contributed by atoms with Gasteiger partial charge in [-0.25, -0.2) is 12.7 Å².